The Kier molecular flexibility index (Phi) is 7.53. The van der Waals surface area contributed by atoms with E-state index in [0.717, 1.165) is 16.7 Å². The number of benzene rings is 1. The van der Waals surface area contributed by atoms with Gasteiger partial charge in [-0.2, -0.15) is 5.10 Å². The summed E-state index contributed by atoms with van der Waals surface area (Å²) in [5.41, 5.74) is 2.98. The van der Waals surface area contributed by atoms with Gasteiger partial charge >= 0.3 is 5.97 Å². The molecule has 1 aromatic rings. The van der Waals surface area contributed by atoms with Crippen molar-refractivity contribution >= 4 is 18.1 Å². The number of carbonyl (C=O) groups is 2. The van der Waals surface area contributed by atoms with E-state index >= 15 is 0 Å². The third-order valence-electron chi connectivity index (χ3n) is 3.25. The highest BCUT2D eigenvalue weighted by molar-refractivity contribution is 5.79. The predicted octanol–water partition coefficient (Wildman–Crippen LogP) is 1.84. The lowest BCUT2D eigenvalue weighted by Gasteiger charge is -2.12. The normalized spacial score (nSPS) is 12.0. The van der Waals surface area contributed by atoms with Gasteiger partial charge in [0.2, 0.25) is 5.91 Å². The fourth-order valence-electron chi connectivity index (χ4n) is 2.13. The number of hydrogen-bond donors (Lipinski definition) is 3. The molecule has 1 rings (SSSR count). The zero-order chi connectivity index (χ0) is 17.2. The molecule has 0 bridgehead atoms. The molecule has 1 unspecified atom stereocenters. The van der Waals surface area contributed by atoms with Crippen LogP contribution in [0.4, 0.5) is 0 Å². The minimum atomic E-state index is -0.926. The van der Waals surface area contributed by atoms with E-state index in [2.05, 4.69) is 17.0 Å². The number of carboxylic acids is 1. The molecule has 6 heteroatoms. The molecular formula is C17H23N3O3. The first-order chi connectivity index (χ1) is 10.9. The molecule has 124 valence electrons. The Morgan fingerprint density at radius 1 is 1.35 bits per heavy atom. The van der Waals surface area contributed by atoms with Crippen molar-refractivity contribution in [1.29, 1.82) is 0 Å². The van der Waals surface area contributed by atoms with Gasteiger partial charge in [-0.05, 0) is 30.9 Å². The van der Waals surface area contributed by atoms with Crippen LogP contribution in [0.5, 0.6) is 0 Å². The number of amides is 1. The van der Waals surface area contributed by atoms with Crippen molar-refractivity contribution in [2.75, 3.05) is 0 Å². The number of hydrazone groups is 1. The van der Waals surface area contributed by atoms with Crippen LogP contribution in [0.15, 0.2) is 41.5 Å². The minimum Gasteiger partial charge on any atom is -0.481 e. The van der Waals surface area contributed by atoms with E-state index in [-0.39, 0.29) is 18.4 Å². The van der Waals surface area contributed by atoms with E-state index in [1.165, 1.54) is 0 Å². The standard InChI is InChI=1S/C17H23N3O3/c1-12(3-8-16(21)20-13(2)10-17(22)23)9-14-4-6-15(7-5-14)11-19-18/h4-7,11,13H,1,3,8-10,18H2,2H3,(H,20,21)(H,22,23). The summed E-state index contributed by atoms with van der Waals surface area (Å²) in [5, 5.41) is 14.8. The zero-order valence-electron chi connectivity index (χ0n) is 13.3. The second-order valence-electron chi connectivity index (χ2n) is 5.51. The molecule has 1 amide bonds. The number of aliphatic carboxylic acids is 1. The van der Waals surface area contributed by atoms with E-state index in [0.29, 0.717) is 19.3 Å². The Bertz CT molecular complexity index is 579. The third kappa shape index (κ3) is 7.80. The number of hydrogen-bond acceptors (Lipinski definition) is 4. The monoisotopic (exact) mass is 317 g/mol. The minimum absolute atomic E-state index is 0.0782. The van der Waals surface area contributed by atoms with E-state index in [9.17, 15) is 9.59 Å². The smallest absolute Gasteiger partial charge is 0.305 e. The molecule has 0 radical (unpaired) electrons. The van der Waals surface area contributed by atoms with Crippen LogP contribution in [0.25, 0.3) is 0 Å². The average Bonchev–Trinajstić information content (AvgIpc) is 2.46. The number of allylic oxidation sites excluding steroid dienone is 1. The lowest BCUT2D eigenvalue weighted by molar-refractivity contribution is -0.137. The number of rotatable bonds is 9. The molecule has 0 saturated heterocycles. The molecule has 4 N–H and O–H groups in total. The van der Waals surface area contributed by atoms with E-state index in [1.807, 2.05) is 24.3 Å². The van der Waals surface area contributed by atoms with Gasteiger partial charge in [-0.1, -0.05) is 36.4 Å². The summed E-state index contributed by atoms with van der Waals surface area (Å²) in [5.74, 6) is 4.01. The molecule has 0 fully saturated rings. The van der Waals surface area contributed by atoms with Crippen LogP contribution in [-0.4, -0.2) is 29.2 Å². The molecule has 1 atom stereocenters. The van der Waals surface area contributed by atoms with Crippen LogP contribution < -0.4 is 11.2 Å². The second kappa shape index (κ2) is 9.40. The van der Waals surface area contributed by atoms with Crippen molar-refractivity contribution < 1.29 is 14.7 Å². The van der Waals surface area contributed by atoms with Gasteiger partial charge in [0.25, 0.3) is 0 Å². The number of carbonyl (C=O) groups excluding carboxylic acids is 1. The van der Waals surface area contributed by atoms with Crippen molar-refractivity contribution in [3.63, 3.8) is 0 Å². The topological polar surface area (TPSA) is 105 Å². The Balaban J connectivity index is 2.36. The first-order valence-corrected chi connectivity index (χ1v) is 7.40. The highest BCUT2D eigenvalue weighted by Crippen LogP contribution is 2.12. The SMILES string of the molecule is C=C(CCC(=O)NC(C)CC(=O)O)Cc1ccc(C=NN)cc1. The van der Waals surface area contributed by atoms with Crippen molar-refractivity contribution in [2.45, 2.75) is 38.6 Å². The lowest BCUT2D eigenvalue weighted by Crippen LogP contribution is -2.34. The third-order valence-corrected chi connectivity index (χ3v) is 3.25. The van der Waals surface area contributed by atoms with Gasteiger partial charge in [-0.3, -0.25) is 9.59 Å². The maximum atomic E-state index is 11.7. The number of nitrogens with zero attached hydrogens (tertiary/aromatic N) is 1. The van der Waals surface area contributed by atoms with Gasteiger partial charge in [-0.25, -0.2) is 0 Å². The quantitative estimate of drug-likeness (QED) is 0.280. The predicted molar refractivity (Wildman–Crippen MR) is 90.2 cm³/mol. The van der Waals surface area contributed by atoms with Crippen LogP contribution in [0.2, 0.25) is 0 Å². The van der Waals surface area contributed by atoms with Gasteiger partial charge in [0.15, 0.2) is 0 Å². The second-order valence-corrected chi connectivity index (χ2v) is 5.51. The summed E-state index contributed by atoms with van der Waals surface area (Å²) in [6.45, 7) is 5.66. The molecule has 23 heavy (non-hydrogen) atoms. The largest absolute Gasteiger partial charge is 0.481 e. The van der Waals surface area contributed by atoms with Gasteiger partial charge in [0.05, 0.1) is 12.6 Å². The highest BCUT2D eigenvalue weighted by Gasteiger charge is 2.11. The van der Waals surface area contributed by atoms with Crippen LogP contribution >= 0.6 is 0 Å². The molecule has 0 saturated carbocycles. The lowest BCUT2D eigenvalue weighted by atomic mass is 10.0. The number of nitrogens with two attached hydrogens (primary N) is 1. The van der Waals surface area contributed by atoms with Crippen molar-refractivity contribution in [3.8, 4) is 0 Å². The van der Waals surface area contributed by atoms with Gasteiger partial charge in [-0.15, -0.1) is 0 Å². The van der Waals surface area contributed by atoms with Gasteiger partial charge in [0, 0.05) is 12.5 Å². The maximum Gasteiger partial charge on any atom is 0.305 e. The first kappa shape index (κ1) is 18.4. The molecule has 1 aromatic carbocycles. The Morgan fingerprint density at radius 2 is 2.00 bits per heavy atom. The van der Waals surface area contributed by atoms with Crippen molar-refractivity contribution in [2.24, 2.45) is 10.9 Å². The van der Waals surface area contributed by atoms with Crippen LogP contribution in [0.1, 0.15) is 37.3 Å². The summed E-state index contributed by atoms with van der Waals surface area (Å²) in [7, 11) is 0. The molecule has 0 heterocycles. The Hall–Kier alpha value is -2.63. The molecule has 0 aromatic heterocycles. The van der Waals surface area contributed by atoms with Gasteiger partial charge < -0.3 is 16.3 Å². The number of carboxylic acid groups (broad SMARTS) is 1. The highest BCUT2D eigenvalue weighted by atomic mass is 16.4. The van der Waals surface area contributed by atoms with E-state index < -0.39 is 5.97 Å². The summed E-state index contributed by atoms with van der Waals surface area (Å²) >= 11 is 0. The van der Waals surface area contributed by atoms with Gasteiger partial charge in [0.1, 0.15) is 0 Å². The Morgan fingerprint density at radius 3 is 2.57 bits per heavy atom. The molecule has 6 nitrogen and oxygen atoms in total. The van der Waals surface area contributed by atoms with Crippen LogP contribution in [-0.2, 0) is 16.0 Å². The number of nitrogens with one attached hydrogen (secondary N) is 1. The van der Waals surface area contributed by atoms with Crippen molar-refractivity contribution in [1.82, 2.24) is 5.32 Å². The molecule has 0 aliphatic heterocycles. The Labute approximate surface area is 136 Å². The zero-order valence-corrected chi connectivity index (χ0v) is 13.3. The van der Waals surface area contributed by atoms with Crippen LogP contribution in [0, 0.1) is 0 Å². The summed E-state index contributed by atoms with van der Waals surface area (Å²) in [6.07, 6.45) is 3.06. The first-order valence-electron chi connectivity index (χ1n) is 7.40. The van der Waals surface area contributed by atoms with Crippen molar-refractivity contribution in [3.05, 3.63) is 47.5 Å². The molecule has 0 aliphatic rings. The maximum absolute atomic E-state index is 11.7. The fourth-order valence-corrected chi connectivity index (χ4v) is 2.13. The van der Waals surface area contributed by atoms with E-state index in [1.54, 1.807) is 13.1 Å². The fraction of sp³-hybridized carbons (Fsp3) is 0.353. The molecule has 0 aliphatic carbocycles. The van der Waals surface area contributed by atoms with E-state index in [4.69, 9.17) is 10.9 Å². The summed E-state index contributed by atoms with van der Waals surface area (Å²) in [4.78, 5) is 22.3. The molecule has 0 spiro atoms. The molecular weight excluding hydrogens is 294 g/mol. The average molecular weight is 317 g/mol. The van der Waals surface area contributed by atoms with Crippen LogP contribution in [0.3, 0.4) is 0 Å². The summed E-state index contributed by atoms with van der Waals surface area (Å²) < 4.78 is 0. The summed E-state index contributed by atoms with van der Waals surface area (Å²) in [6, 6.07) is 7.40.